The van der Waals surface area contributed by atoms with E-state index >= 15 is 0 Å². The molecular formula is C12H17Cl2N3O2S. The van der Waals surface area contributed by atoms with E-state index in [2.05, 4.69) is 10.3 Å². The molecule has 0 bridgehead atoms. The maximum atomic E-state index is 11.4. The van der Waals surface area contributed by atoms with Crippen LogP contribution in [0.15, 0.2) is 12.3 Å². The number of hydrogen-bond acceptors (Lipinski definition) is 4. The first kappa shape index (κ1) is 15.8. The van der Waals surface area contributed by atoms with Crippen molar-refractivity contribution in [3.63, 3.8) is 0 Å². The van der Waals surface area contributed by atoms with Crippen molar-refractivity contribution in [1.82, 2.24) is 9.29 Å². The van der Waals surface area contributed by atoms with Gasteiger partial charge in [-0.25, -0.2) is 17.7 Å². The molecule has 0 aromatic carbocycles. The zero-order valence-electron chi connectivity index (χ0n) is 11.1. The molecule has 0 atom stereocenters. The van der Waals surface area contributed by atoms with Crippen LogP contribution in [0.25, 0.3) is 0 Å². The lowest BCUT2D eigenvalue weighted by Crippen LogP contribution is -2.39. The van der Waals surface area contributed by atoms with E-state index in [0.717, 1.165) is 19.4 Å². The van der Waals surface area contributed by atoms with Gasteiger partial charge in [0.25, 0.3) is 0 Å². The zero-order chi connectivity index (χ0) is 14.8. The third-order valence-electron chi connectivity index (χ3n) is 3.41. The average molecular weight is 338 g/mol. The van der Waals surface area contributed by atoms with E-state index in [9.17, 15) is 8.42 Å². The molecule has 1 aromatic rings. The summed E-state index contributed by atoms with van der Waals surface area (Å²) in [5.74, 6) is 1.03. The van der Waals surface area contributed by atoms with Crippen molar-refractivity contribution in [2.24, 2.45) is 5.92 Å². The number of anilines is 1. The summed E-state index contributed by atoms with van der Waals surface area (Å²) in [5, 5.41) is 4.19. The molecule has 1 saturated heterocycles. The lowest BCUT2D eigenvalue weighted by molar-refractivity contribution is 0.283. The molecule has 0 aliphatic carbocycles. The zero-order valence-corrected chi connectivity index (χ0v) is 13.5. The summed E-state index contributed by atoms with van der Waals surface area (Å²) in [6.45, 7) is 1.88. The Hall–Kier alpha value is -0.560. The van der Waals surface area contributed by atoms with Crippen molar-refractivity contribution in [2.45, 2.75) is 12.8 Å². The highest BCUT2D eigenvalue weighted by molar-refractivity contribution is 7.88. The van der Waals surface area contributed by atoms with Crippen molar-refractivity contribution < 1.29 is 8.42 Å². The number of piperidine rings is 1. The molecule has 1 N–H and O–H groups in total. The van der Waals surface area contributed by atoms with Gasteiger partial charge in [0.05, 0.1) is 16.3 Å². The van der Waals surface area contributed by atoms with E-state index in [1.807, 2.05) is 0 Å². The van der Waals surface area contributed by atoms with Crippen molar-refractivity contribution in [1.29, 1.82) is 0 Å². The number of sulfonamides is 1. The second-order valence-electron chi connectivity index (χ2n) is 4.97. The Balaban J connectivity index is 1.84. The smallest absolute Gasteiger partial charge is 0.211 e. The quantitative estimate of drug-likeness (QED) is 0.916. The molecule has 0 spiro atoms. The Morgan fingerprint density at radius 1 is 1.40 bits per heavy atom. The number of pyridine rings is 1. The van der Waals surface area contributed by atoms with Crippen LogP contribution >= 0.6 is 23.2 Å². The van der Waals surface area contributed by atoms with Crippen LogP contribution in [-0.2, 0) is 10.0 Å². The molecule has 20 heavy (non-hydrogen) atoms. The number of hydrogen-bond donors (Lipinski definition) is 1. The Morgan fingerprint density at radius 2 is 2.05 bits per heavy atom. The molecule has 1 aliphatic rings. The maximum absolute atomic E-state index is 11.4. The first-order valence-corrected chi connectivity index (χ1v) is 8.96. The normalized spacial score (nSPS) is 18.1. The maximum Gasteiger partial charge on any atom is 0.211 e. The predicted octanol–water partition coefficient (Wildman–Crippen LogP) is 2.47. The van der Waals surface area contributed by atoms with Crippen LogP contribution in [0.2, 0.25) is 10.0 Å². The van der Waals surface area contributed by atoms with Crippen molar-refractivity contribution in [3.05, 3.63) is 22.3 Å². The highest BCUT2D eigenvalue weighted by atomic mass is 35.5. The van der Waals surface area contributed by atoms with E-state index in [1.165, 1.54) is 10.6 Å². The third kappa shape index (κ3) is 4.22. The van der Waals surface area contributed by atoms with Gasteiger partial charge in [0.2, 0.25) is 10.0 Å². The van der Waals surface area contributed by atoms with Gasteiger partial charge < -0.3 is 5.32 Å². The average Bonchev–Trinajstić information content (AvgIpc) is 2.37. The van der Waals surface area contributed by atoms with Crippen LogP contribution in [0.5, 0.6) is 0 Å². The Morgan fingerprint density at radius 3 is 2.60 bits per heavy atom. The topological polar surface area (TPSA) is 62.3 Å². The van der Waals surface area contributed by atoms with E-state index < -0.39 is 10.0 Å². The summed E-state index contributed by atoms with van der Waals surface area (Å²) in [6, 6.07) is 1.64. The van der Waals surface area contributed by atoms with Gasteiger partial charge in [0, 0.05) is 25.8 Å². The van der Waals surface area contributed by atoms with E-state index in [0.29, 0.717) is 34.9 Å². The van der Waals surface area contributed by atoms with Gasteiger partial charge in [0.1, 0.15) is 5.82 Å². The predicted molar refractivity (Wildman–Crippen MR) is 81.9 cm³/mol. The van der Waals surface area contributed by atoms with Gasteiger partial charge >= 0.3 is 0 Å². The monoisotopic (exact) mass is 337 g/mol. The largest absolute Gasteiger partial charge is 0.369 e. The van der Waals surface area contributed by atoms with E-state index in [4.69, 9.17) is 23.2 Å². The fourth-order valence-electron chi connectivity index (χ4n) is 2.23. The molecule has 0 amide bonds. The molecule has 1 fully saturated rings. The first-order valence-electron chi connectivity index (χ1n) is 6.36. The minimum absolute atomic E-state index is 0.418. The molecule has 1 aliphatic heterocycles. The highest BCUT2D eigenvalue weighted by Gasteiger charge is 2.24. The highest BCUT2D eigenvalue weighted by Crippen LogP contribution is 2.24. The summed E-state index contributed by atoms with van der Waals surface area (Å²) in [5.41, 5.74) is 0. The second-order valence-corrected chi connectivity index (χ2v) is 7.80. The Labute approximate surface area is 129 Å². The number of nitrogens with one attached hydrogen (secondary N) is 1. The van der Waals surface area contributed by atoms with Gasteiger partial charge in [-0.2, -0.15) is 0 Å². The molecular weight excluding hydrogens is 321 g/mol. The van der Waals surface area contributed by atoms with E-state index in [1.54, 1.807) is 12.3 Å². The lowest BCUT2D eigenvalue weighted by atomic mass is 9.98. The number of halogens is 2. The molecule has 0 saturated carbocycles. The van der Waals surface area contributed by atoms with Gasteiger partial charge in [-0.1, -0.05) is 23.2 Å². The van der Waals surface area contributed by atoms with Crippen LogP contribution in [0.3, 0.4) is 0 Å². The van der Waals surface area contributed by atoms with E-state index in [-0.39, 0.29) is 0 Å². The Bertz CT molecular complexity index is 572. The molecule has 0 unspecified atom stereocenters. The summed E-state index contributed by atoms with van der Waals surface area (Å²) < 4.78 is 24.4. The van der Waals surface area contributed by atoms with Crippen molar-refractivity contribution in [2.75, 3.05) is 31.2 Å². The van der Waals surface area contributed by atoms with Crippen LogP contribution in [-0.4, -0.2) is 43.6 Å². The molecule has 1 aromatic heterocycles. The molecule has 8 heteroatoms. The summed E-state index contributed by atoms with van der Waals surface area (Å²) in [6.07, 6.45) is 4.47. The standard InChI is InChI=1S/C12H17Cl2N3O2S/c1-20(18,19)17-4-2-9(3-5-17)7-15-12-11(14)6-10(13)8-16-12/h6,8-9H,2-5,7H2,1H3,(H,15,16). The van der Waals surface area contributed by atoms with Crippen LogP contribution < -0.4 is 5.32 Å². The molecule has 0 radical (unpaired) electrons. The second kappa shape index (κ2) is 6.47. The fourth-order valence-corrected chi connectivity index (χ4v) is 3.55. The summed E-state index contributed by atoms with van der Waals surface area (Å²) >= 11 is 11.8. The SMILES string of the molecule is CS(=O)(=O)N1CCC(CNc2ncc(Cl)cc2Cl)CC1. The number of rotatable bonds is 4. The third-order valence-corrected chi connectivity index (χ3v) is 5.21. The number of aromatic nitrogens is 1. The molecule has 112 valence electrons. The van der Waals surface area contributed by atoms with Crippen LogP contribution in [0.4, 0.5) is 5.82 Å². The molecule has 2 rings (SSSR count). The van der Waals surface area contributed by atoms with Crippen molar-refractivity contribution >= 4 is 39.0 Å². The fraction of sp³-hybridized carbons (Fsp3) is 0.583. The minimum atomic E-state index is -3.06. The number of nitrogens with zero attached hydrogens (tertiary/aromatic N) is 2. The summed E-state index contributed by atoms with van der Waals surface area (Å²) in [7, 11) is -3.06. The van der Waals surface area contributed by atoms with Gasteiger partial charge in [-0.05, 0) is 24.8 Å². The van der Waals surface area contributed by atoms with Gasteiger partial charge in [-0.15, -0.1) is 0 Å². The lowest BCUT2D eigenvalue weighted by Gasteiger charge is -2.30. The van der Waals surface area contributed by atoms with Crippen LogP contribution in [0, 0.1) is 5.92 Å². The summed E-state index contributed by atoms with van der Waals surface area (Å²) in [4.78, 5) is 4.14. The minimum Gasteiger partial charge on any atom is -0.369 e. The first-order chi connectivity index (χ1) is 9.36. The van der Waals surface area contributed by atoms with Gasteiger partial charge in [0.15, 0.2) is 0 Å². The Kier molecular flexibility index (Phi) is 5.12. The van der Waals surface area contributed by atoms with Gasteiger partial charge in [-0.3, -0.25) is 0 Å². The molecule has 2 heterocycles. The van der Waals surface area contributed by atoms with Crippen LogP contribution in [0.1, 0.15) is 12.8 Å². The van der Waals surface area contributed by atoms with Crippen molar-refractivity contribution in [3.8, 4) is 0 Å². The molecule has 5 nitrogen and oxygen atoms in total.